The summed E-state index contributed by atoms with van der Waals surface area (Å²) in [6.07, 6.45) is -4.01. The number of aromatic nitrogens is 4. The van der Waals surface area contributed by atoms with E-state index in [4.69, 9.17) is 0 Å². The topological polar surface area (TPSA) is 116 Å². The third-order valence-electron chi connectivity index (χ3n) is 6.99. The van der Waals surface area contributed by atoms with Crippen LogP contribution in [0.15, 0.2) is 24.4 Å². The second-order valence-electron chi connectivity index (χ2n) is 9.75. The molecule has 0 radical (unpaired) electrons. The van der Waals surface area contributed by atoms with Crippen molar-refractivity contribution in [2.75, 3.05) is 6.67 Å². The van der Waals surface area contributed by atoms with Crippen LogP contribution in [-0.2, 0) is 4.79 Å². The number of alkyl halides is 5. The number of hydrogen-bond donors (Lipinski definition) is 4. The zero-order valence-electron chi connectivity index (χ0n) is 20.8. The van der Waals surface area contributed by atoms with Crippen LogP contribution in [0.25, 0.3) is 11.0 Å². The number of aryl methyl sites for hydroxylation is 1. The molecule has 3 aromatic rings. The molecule has 1 aliphatic rings. The lowest BCUT2D eigenvalue weighted by Gasteiger charge is -2.33. The number of carbonyl (C=O) groups is 2. The molecule has 2 aromatic heterocycles. The number of fused-ring (bicyclic) bond motifs is 1. The predicted octanol–water partition coefficient (Wildman–Crippen LogP) is 4.71. The second kappa shape index (κ2) is 11.1. The highest BCUT2D eigenvalue weighted by molar-refractivity contribution is 5.95. The van der Waals surface area contributed by atoms with Crippen LogP contribution in [0.5, 0.6) is 0 Å². The Morgan fingerprint density at radius 1 is 1.18 bits per heavy atom. The maximum absolute atomic E-state index is 13.9. The summed E-state index contributed by atoms with van der Waals surface area (Å²) in [6.45, 7) is 1.64. The van der Waals surface area contributed by atoms with Gasteiger partial charge in [0.2, 0.25) is 12.1 Å². The van der Waals surface area contributed by atoms with Crippen LogP contribution in [0.2, 0.25) is 0 Å². The van der Waals surface area contributed by atoms with Crippen LogP contribution >= 0.6 is 0 Å². The summed E-state index contributed by atoms with van der Waals surface area (Å²) in [7, 11) is 0. The van der Waals surface area contributed by atoms with Crippen molar-refractivity contribution in [1.82, 2.24) is 30.8 Å². The van der Waals surface area contributed by atoms with Gasteiger partial charge in [0.25, 0.3) is 11.8 Å². The number of benzene rings is 1. The smallest absolute Gasteiger partial charge is 0.258 e. The van der Waals surface area contributed by atoms with Crippen molar-refractivity contribution < 1.29 is 31.5 Å². The van der Waals surface area contributed by atoms with Gasteiger partial charge in [-0.3, -0.25) is 14.7 Å². The number of carbonyl (C=O) groups excluding carboxylic acids is 2. The average molecular weight is 541 g/mol. The minimum absolute atomic E-state index is 0.187. The van der Waals surface area contributed by atoms with E-state index in [-0.39, 0.29) is 31.6 Å². The maximum Gasteiger partial charge on any atom is 0.258 e. The summed E-state index contributed by atoms with van der Waals surface area (Å²) in [5.74, 6) is -4.35. The van der Waals surface area contributed by atoms with E-state index in [0.717, 1.165) is 0 Å². The molecule has 38 heavy (non-hydrogen) atoms. The molecule has 4 N–H and O–H groups in total. The highest BCUT2D eigenvalue weighted by Gasteiger charge is 2.39. The van der Waals surface area contributed by atoms with Crippen molar-refractivity contribution in [3.05, 3.63) is 47.0 Å². The fourth-order valence-electron chi connectivity index (χ4n) is 4.69. The van der Waals surface area contributed by atoms with Crippen molar-refractivity contribution >= 4 is 22.8 Å². The Morgan fingerprint density at radius 3 is 2.53 bits per heavy atom. The largest absolute Gasteiger partial charge is 0.347 e. The molecule has 2 heterocycles. The number of nitrogens with one attached hydrogen (secondary N) is 4. The van der Waals surface area contributed by atoms with E-state index in [1.54, 1.807) is 32.0 Å². The SMILES string of the molecule is Cc1[nH]ncc1C(=O)N[C@H](c1nc2ccc([C@@H](C)NC(=O)C(F)C(F)CF)cc2[nH]1)C1CCC(F)(F)CC1. The first-order chi connectivity index (χ1) is 18.0. The molecule has 13 heteroatoms. The molecule has 8 nitrogen and oxygen atoms in total. The third kappa shape index (κ3) is 5.97. The minimum atomic E-state index is -2.75. The van der Waals surface area contributed by atoms with Crippen LogP contribution in [0.3, 0.4) is 0 Å². The number of H-pyrrole nitrogens is 2. The highest BCUT2D eigenvalue weighted by atomic mass is 19.3. The number of halogens is 5. The van der Waals surface area contributed by atoms with Crippen LogP contribution < -0.4 is 10.6 Å². The molecule has 1 aliphatic carbocycles. The summed E-state index contributed by atoms with van der Waals surface area (Å²) in [4.78, 5) is 32.6. The van der Waals surface area contributed by atoms with Gasteiger partial charge in [0, 0.05) is 18.5 Å². The van der Waals surface area contributed by atoms with Crippen molar-refractivity contribution in [3.8, 4) is 0 Å². The van der Waals surface area contributed by atoms with Gasteiger partial charge in [0.05, 0.1) is 34.9 Å². The van der Waals surface area contributed by atoms with Gasteiger partial charge in [0.15, 0.2) is 6.17 Å². The number of imidazole rings is 1. The highest BCUT2D eigenvalue weighted by Crippen LogP contribution is 2.41. The zero-order chi connectivity index (χ0) is 27.6. The molecule has 4 rings (SSSR count). The summed E-state index contributed by atoms with van der Waals surface area (Å²) < 4.78 is 67.0. The quantitative estimate of drug-likeness (QED) is 0.294. The molecule has 206 valence electrons. The zero-order valence-corrected chi connectivity index (χ0v) is 20.8. The molecule has 1 fully saturated rings. The Morgan fingerprint density at radius 2 is 1.89 bits per heavy atom. The Balaban J connectivity index is 1.58. The molecule has 4 atom stereocenters. The summed E-state index contributed by atoms with van der Waals surface area (Å²) in [5, 5.41) is 11.8. The standard InChI is InChI=1S/C25H29F5N6O2/c1-12(32-24(38)20(28)17(27)10-26)15-3-4-18-19(9-15)34-22(33-18)21(14-5-7-25(29,30)8-6-14)35-23(37)16-11-31-36-13(16)2/h3-4,9,11-12,14,17,20-21H,5-8,10H2,1-2H3,(H,31,36)(H,32,38)(H,33,34)(H,35,37)/t12-,17?,20?,21+/m1/s1. The number of aromatic amines is 2. The fourth-order valence-corrected chi connectivity index (χ4v) is 4.69. The summed E-state index contributed by atoms with van der Waals surface area (Å²) >= 11 is 0. The number of rotatable bonds is 9. The first-order valence-corrected chi connectivity index (χ1v) is 12.3. The van der Waals surface area contributed by atoms with Crippen LogP contribution in [0, 0.1) is 12.8 Å². The van der Waals surface area contributed by atoms with Crippen molar-refractivity contribution in [3.63, 3.8) is 0 Å². The predicted molar refractivity (Wildman–Crippen MR) is 129 cm³/mol. The van der Waals surface area contributed by atoms with Crippen molar-refractivity contribution in [1.29, 1.82) is 0 Å². The fraction of sp³-hybridized carbons (Fsp3) is 0.520. The van der Waals surface area contributed by atoms with E-state index < -0.39 is 48.8 Å². The molecular formula is C25H29F5N6O2. The van der Waals surface area contributed by atoms with E-state index in [1.165, 1.54) is 6.20 Å². The first kappa shape index (κ1) is 27.5. The van der Waals surface area contributed by atoms with Crippen LogP contribution in [0.1, 0.15) is 72.1 Å². The van der Waals surface area contributed by atoms with Gasteiger partial charge in [-0.05, 0) is 50.3 Å². The third-order valence-corrected chi connectivity index (χ3v) is 6.99. The van der Waals surface area contributed by atoms with Gasteiger partial charge in [-0.1, -0.05) is 6.07 Å². The average Bonchev–Trinajstić information content (AvgIpc) is 3.51. The van der Waals surface area contributed by atoms with Gasteiger partial charge in [-0.25, -0.2) is 26.9 Å². The Kier molecular flexibility index (Phi) is 8.02. The van der Waals surface area contributed by atoms with E-state index in [2.05, 4.69) is 30.8 Å². The molecular weight excluding hydrogens is 511 g/mol. The molecule has 2 unspecified atom stereocenters. The monoisotopic (exact) mass is 540 g/mol. The molecule has 1 saturated carbocycles. The van der Waals surface area contributed by atoms with E-state index in [1.807, 2.05) is 0 Å². The number of amides is 2. The Labute approximate surface area is 215 Å². The Hall–Kier alpha value is -3.51. The molecule has 0 aliphatic heterocycles. The Bertz CT molecular complexity index is 1280. The molecule has 0 spiro atoms. The van der Waals surface area contributed by atoms with Gasteiger partial charge < -0.3 is 15.6 Å². The molecule has 2 amide bonds. The van der Waals surface area contributed by atoms with Crippen LogP contribution in [-0.4, -0.2) is 56.9 Å². The van der Waals surface area contributed by atoms with Crippen molar-refractivity contribution in [2.24, 2.45) is 5.92 Å². The molecule has 1 aromatic carbocycles. The summed E-state index contributed by atoms with van der Waals surface area (Å²) in [5.41, 5.74) is 2.47. The van der Waals surface area contributed by atoms with E-state index in [9.17, 15) is 31.5 Å². The lowest BCUT2D eigenvalue weighted by molar-refractivity contribution is -0.129. The summed E-state index contributed by atoms with van der Waals surface area (Å²) in [6, 6.07) is 3.52. The minimum Gasteiger partial charge on any atom is -0.347 e. The number of hydrogen-bond acceptors (Lipinski definition) is 4. The van der Waals surface area contributed by atoms with Gasteiger partial charge >= 0.3 is 0 Å². The van der Waals surface area contributed by atoms with Gasteiger partial charge in [-0.15, -0.1) is 0 Å². The molecule has 0 bridgehead atoms. The van der Waals surface area contributed by atoms with Gasteiger partial charge in [0.1, 0.15) is 12.5 Å². The van der Waals surface area contributed by atoms with Crippen LogP contribution in [0.4, 0.5) is 22.0 Å². The second-order valence-corrected chi connectivity index (χ2v) is 9.75. The molecule has 0 saturated heterocycles. The van der Waals surface area contributed by atoms with Crippen molar-refractivity contribution in [2.45, 2.75) is 69.9 Å². The van der Waals surface area contributed by atoms with E-state index in [0.29, 0.717) is 33.7 Å². The normalized spacial score (nSPS) is 19.0. The lowest BCUT2D eigenvalue weighted by atomic mass is 9.81. The first-order valence-electron chi connectivity index (χ1n) is 12.3. The van der Waals surface area contributed by atoms with E-state index >= 15 is 0 Å². The lowest BCUT2D eigenvalue weighted by Crippen LogP contribution is -2.39. The maximum atomic E-state index is 13.9. The van der Waals surface area contributed by atoms with Gasteiger partial charge in [-0.2, -0.15) is 5.10 Å². The number of nitrogens with zero attached hydrogens (tertiary/aromatic N) is 2.